The Hall–Kier alpha value is -2.72. The van der Waals surface area contributed by atoms with Crippen molar-refractivity contribution in [1.82, 2.24) is 14.5 Å². The average Bonchev–Trinajstić information content (AvgIpc) is 3.28. The normalized spacial score (nSPS) is 14.7. The highest BCUT2D eigenvalue weighted by Gasteiger charge is 2.30. The van der Waals surface area contributed by atoms with E-state index in [2.05, 4.69) is 15.1 Å². The minimum Gasteiger partial charge on any atom is -0.479 e. The summed E-state index contributed by atoms with van der Waals surface area (Å²) in [5.74, 6) is -1.51. The number of sulfonamides is 1. The molecule has 0 bridgehead atoms. The van der Waals surface area contributed by atoms with E-state index in [1.54, 1.807) is 0 Å². The van der Waals surface area contributed by atoms with Crippen LogP contribution in [-0.4, -0.2) is 41.2 Å². The molecule has 144 valence electrons. The summed E-state index contributed by atoms with van der Waals surface area (Å²) in [5, 5.41) is 15.8. The molecular weight excluding hydrogens is 372 g/mol. The van der Waals surface area contributed by atoms with Crippen molar-refractivity contribution in [1.29, 1.82) is 0 Å². The van der Waals surface area contributed by atoms with Crippen LogP contribution in [0, 0.1) is 0 Å². The Morgan fingerprint density at radius 2 is 1.85 bits per heavy atom. The highest BCUT2D eigenvalue weighted by Crippen LogP contribution is 2.22. The van der Waals surface area contributed by atoms with Gasteiger partial charge in [-0.2, -0.15) is 5.10 Å². The standard InChI is InChI=1S/C17H20N4O5S/c1-17(2,16(23)24)21-10-13(9-18-21)19-15(22)11-3-7-14(8-4-11)27(25,26)20-12-5-6-12/h3-4,7-10,12,20H,5-6H2,1-2H3,(H,19,22)(H,23,24). The topological polar surface area (TPSA) is 130 Å². The van der Waals surface area contributed by atoms with Crippen LogP contribution < -0.4 is 10.0 Å². The third-order valence-corrected chi connectivity index (χ3v) is 5.80. The molecule has 1 fully saturated rings. The Balaban J connectivity index is 1.70. The van der Waals surface area contributed by atoms with Crippen molar-refractivity contribution in [3.63, 3.8) is 0 Å². The molecule has 0 atom stereocenters. The number of benzene rings is 1. The number of carbonyl (C=O) groups excluding carboxylic acids is 1. The van der Waals surface area contributed by atoms with Crippen LogP contribution >= 0.6 is 0 Å². The average molecular weight is 392 g/mol. The van der Waals surface area contributed by atoms with E-state index < -0.39 is 27.4 Å². The van der Waals surface area contributed by atoms with Crippen LogP contribution in [0.2, 0.25) is 0 Å². The molecule has 0 saturated heterocycles. The summed E-state index contributed by atoms with van der Waals surface area (Å²) < 4.78 is 28.1. The zero-order valence-corrected chi connectivity index (χ0v) is 15.7. The number of nitrogens with one attached hydrogen (secondary N) is 2. The number of hydrogen-bond donors (Lipinski definition) is 3. The maximum Gasteiger partial charge on any atom is 0.331 e. The molecule has 27 heavy (non-hydrogen) atoms. The van der Waals surface area contributed by atoms with Crippen LogP contribution in [0.5, 0.6) is 0 Å². The summed E-state index contributed by atoms with van der Waals surface area (Å²) in [7, 11) is -3.57. The van der Waals surface area contributed by atoms with Gasteiger partial charge in [0.25, 0.3) is 5.91 Å². The maximum absolute atomic E-state index is 12.3. The van der Waals surface area contributed by atoms with Crippen LogP contribution in [0.4, 0.5) is 5.69 Å². The van der Waals surface area contributed by atoms with Crippen molar-refractivity contribution in [3.8, 4) is 0 Å². The number of amides is 1. The predicted molar refractivity (Wildman–Crippen MR) is 96.9 cm³/mol. The fraction of sp³-hybridized carbons (Fsp3) is 0.353. The Bertz CT molecular complexity index is 975. The molecule has 3 rings (SSSR count). The molecular formula is C17H20N4O5S. The zero-order chi connectivity index (χ0) is 19.8. The fourth-order valence-electron chi connectivity index (χ4n) is 2.27. The summed E-state index contributed by atoms with van der Waals surface area (Å²) in [5.41, 5.74) is -0.653. The highest BCUT2D eigenvalue weighted by atomic mass is 32.2. The molecule has 0 radical (unpaired) electrons. The first-order chi connectivity index (χ1) is 12.6. The zero-order valence-electron chi connectivity index (χ0n) is 14.8. The molecule has 1 heterocycles. The van der Waals surface area contributed by atoms with Crippen LogP contribution in [0.25, 0.3) is 0 Å². The summed E-state index contributed by atoms with van der Waals surface area (Å²) in [6.45, 7) is 2.98. The minimum absolute atomic E-state index is 0.00423. The van der Waals surface area contributed by atoms with Crippen molar-refractivity contribution in [2.24, 2.45) is 0 Å². The van der Waals surface area contributed by atoms with E-state index in [0.29, 0.717) is 5.69 Å². The molecule has 10 heteroatoms. The molecule has 0 unspecified atom stereocenters. The third-order valence-electron chi connectivity index (χ3n) is 4.26. The first-order valence-electron chi connectivity index (χ1n) is 8.32. The summed E-state index contributed by atoms with van der Waals surface area (Å²) >= 11 is 0. The van der Waals surface area contributed by atoms with Gasteiger partial charge in [0.2, 0.25) is 10.0 Å². The van der Waals surface area contributed by atoms with E-state index in [1.807, 2.05) is 0 Å². The van der Waals surface area contributed by atoms with E-state index in [0.717, 1.165) is 12.8 Å². The van der Waals surface area contributed by atoms with E-state index in [4.69, 9.17) is 0 Å². The van der Waals surface area contributed by atoms with Crippen molar-refractivity contribution >= 4 is 27.6 Å². The monoisotopic (exact) mass is 392 g/mol. The van der Waals surface area contributed by atoms with Gasteiger partial charge in [0, 0.05) is 17.8 Å². The van der Waals surface area contributed by atoms with Gasteiger partial charge in [-0.1, -0.05) is 0 Å². The molecule has 1 aliphatic rings. The Morgan fingerprint density at radius 1 is 1.22 bits per heavy atom. The van der Waals surface area contributed by atoms with Gasteiger partial charge in [-0.15, -0.1) is 0 Å². The molecule has 1 amide bonds. The summed E-state index contributed by atoms with van der Waals surface area (Å²) in [4.78, 5) is 23.7. The molecule has 1 aromatic carbocycles. The molecule has 0 spiro atoms. The van der Waals surface area contributed by atoms with E-state index in [-0.39, 0.29) is 16.5 Å². The first kappa shape index (κ1) is 19.1. The van der Waals surface area contributed by atoms with Crippen molar-refractivity contribution in [2.75, 3.05) is 5.32 Å². The van der Waals surface area contributed by atoms with Gasteiger partial charge >= 0.3 is 5.97 Å². The first-order valence-corrected chi connectivity index (χ1v) is 9.80. The second-order valence-corrected chi connectivity index (χ2v) is 8.63. The van der Waals surface area contributed by atoms with Gasteiger partial charge in [-0.3, -0.25) is 9.48 Å². The smallest absolute Gasteiger partial charge is 0.331 e. The summed E-state index contributed by atoms with van der Waals surface area (Å²) in [6, 6.07) is 5.59. The van der Waals surface area contributed by atoms with Crippen molar-refractivity contribution in [3.05, 3.63) is 42.2 Å². The molecule has 2 aromatic rings. The number of nitrogens with zero attached hydrogens (tertiary/aromatic N) is 2. The van der Waals surface area contributed by atoms with Gasteiger partial charge in [-0.05, 0) is 51.0 Å². The number of aromatic nitrogens is 2. The lowest BCUT2D eigenvalue weighted by atomic mass is 10.1. The molecule has 9 nitrogen and oxygen atoms in total. The molecule has 1 aliphatic carbocycles. The highest BCUT2D eigenvalue weighted by molar-refractivity contribution is 7.89. The SMILES string of the molecule is CC(C)(C(=O)O)n1cc(NC(=O)c2ccc(S(=O)(=O)NC3CC3)cc2)cn1. The lowest BCUT2D eigenvalue weighted by Crippen LogP contribution is -2.35. The largest absolute Gasteiger partial charge is 0.479 e. The minimum atomic E-state index is -3.57. The molecule has 3 N–H and O–H groups in total. The number of carboxylic acids is 1. The van der Waals surface area contributed by atoms with Gasteiger partial charge in [0.05, 0.1) is 16.8 Å². The van der Waals surface area contributed by atoms with Gasteiger partial charge < -0.3 is 10.4 Å². The van der Waals surface area contributed by atoms with E-state index in [9.17, 15) is 23.1 Å². The van der Waals surface area contributed by atoms with Gasteiger partial charge in [-0.25, -0.2) is 17.9 Å². The number of anilines is 1. The van der Waals surface area contributed by atoms with E-state index >= 15 is 0 Å². The van der Waals surface area contributed by atoms with Crippen molar-refractivity contribution < 1.29 is 23.1 Å². The number of carbonyl (C=O) groups is 2. The van der Waals surface area contributed by atoms with Crippen molar-refractivity contribution in [2.45, 2.75) is 43.2 Å². The lowest BCUT2D eigenvalue weighted by molar-refractivity contribution is -0.146. The Labute approximate surface area is 156 Å². The van der Waals surface area contributed by atoms with Gasteiger partial charge in [0.1, 0.15) is 0 Å². The van der Waals surface area contributed by atoms with Crippen LogP contribution in [-0.2, 0) is 20.4 Å². The Kier molecular flexibility index (Phi) is 4.79. The maximum atomic E-state index is 12.3. The van der Waals surface area contributed by atoms with E-state index in [1.165, 1.54) is 55.2 Å². The Morgan fingerprint density at radius 3 is 2.41 bits per heavy atom. The lowest BCUT2D eigenvalue weighted by Gasteiger charge is -2.19. The predicted octanol–water partition coefficient (Wildman–Crippen LogP) is 1.40. The van der Waals surface area contributed by atoms with Crippen LogP contribution in [0.1, 0.15) is 37.0 Å². The molecule has 1 aromatic heterocycles. The fourth-order valence-corrected chi connectivity index (χ4v) is 3.57. The van der Waals surface area contributed by atoms with Crippen LogP contribution in [0.3, 0.4) is 0 Å². The van der Waals surface area contributed by atoms with Crippen LogP contribution in [0.15, 0.2) is 41.6 Å². The molecule has 1 saturated carbocycles. The summed E-state index contributed by atoms with van der Waals surface area (Å²) in [6.07, 6.45) is 4.45. The quantitative estimate of drug-likeness (QED) is 0.653. The third kappa shape index (κ3) is 4.17. The number of hydrogen-bond acceptors (Lipinski definition) is 5. The second-order valence-electron chi connectivity index (χ2n) is 6.91. The van der Waals surface area contributed by atoms with Gasteiger partial charge in [0.15, 0.2) is 5.54 Å². The number of carboxylic acid groups (broad SMARTS) is 1. The number of aliphatic carboxylic acids is 1. The molecule has 0 aliphatic heterocycles. The second kappa shape index (κ2) is 6.78. The number of rotatable bonds is 7.